The lowest BCUT2D eigenvalue weighted by atomic mass is 9.86. The predicted molar refractivity (Wildman–Crippen MR) is 97.9 cm³/mol. The van der Waals surface area contributed by atoms with E-state index in [4.69, 9.17) is 4.74 Å². The second-order valence-corrected chi connectivity index (χ2v) is 7.44. The van der Waals surface area contributed by atoms with Crippen molar-refractivity contribution in [2.45, 2.75) is 50.7 Å². The van der Waals surface area contributed by atoms with Crippen LogP contribution < -0.4 is 10.1 Å². The van der Waals surface area contributed by atoms with Crippen molar-refractivity contribution in [3.63, 3.8) is 0 Å². The normalized spacial score (nSPS) is 28.7. The zero-order valence-electron chi connectivity index (χ0n) is 15.5. The van der Waals surface area contributed by atoms with Gasteiger partial charge in [0.05, 0.1) is 19.3 Å². The molecule has 1 heterocycles. The van der Waals surface area contributed by atoms with Crippen molar-refractivity contribution in [2.24, 2.45) is 5.92 Å². The molecule has 0 unspecified atom stereocenters. The highest BCUT2D eigenvalue weighted by Gasteiger charge is 2.39. The maximum absolute atomic E-state index is 12.9. The Balaban J connectivity index is 1.73. The fourth-order valence-electron chi connectivity index (χ4n) is 4.16. The van der Waals surface area contributed by atoms with Gasteiger partial charge in [0.1, 0.15) is 5.75 Å². The van der Waals surface area contributed by atoms with Crippen LogP contribution in [0.25, 0.3) is 0 Å². The fourth-order valence-corrected chi connectivity index (χ4v) is 4.16. The Labute approximate surface area is 154 Å². The maximum Gasteiger partial charge on any atom is 0.225 e. The lowest BCUT2D eigenvalue weighted by molar-refractivity contribution is -0.136. The summed E-state index contributed by atoms with van der Waals surface area (Å²) in [5.41, 5.74) is 1.10. The summed E-state index contributed by atoms with van der Waals surface area (Å²) in [6.45, 7) is 2.65. The van der Waals surface area contributed by atoms with Gasteiger partial charge < -0.3 is 20.1 Å². The Morgan fingerprint density at radius 3 is 2.35 bits per heavy atom. The van der Waals surface area contributed by atoms with Gasteiger partial charge in [-0.15, -0.1) is 0 Å². The highest BCUT2D eigenvalue weighted by molar-refractivity contribution is 5.80. The Hall–Kier alpha value is -2.08. The van der Waals surface area contributed by atoms with Crippen molar-refractivity contribution in [3.8, 4) is 5.75 Å². The molecule has 2 N–H and O–H groups in total. The summed E-state index contributed by atoms with van der Waals surface area (Å²) in [6, 6.07) is 7.74. The van der Waals surface area contributed by atoms with Gasteiger partial charge in [0.15, 0.2) is 0 Å². The quantitative estimate of drug-likeness (QED) is 0.856. The van der Waals surface area contributed by atoms with Crippen LogP contribution in [0.5, 0.6) is 5.75 Å². The van der Waals surface area contributed by atoms with Crippen molar-refractivity contribution >= 4 is 11.8 Å². The molecular formula is C20H28N2O4. The largest absolute Gasteiger partial charge is 0.497 e. The SMILES string of the molecule is COc1ccc([C@@H]2CN(C(=O)C3CCC(O)CC3)C[C@H]2NC(C)=O)cc1. The lowest BCUT2D eigenvalue weighted by Crippen LogP contribution is -2.41. The van der Waals surface area contributed by atoms with Crippen LogP contribution >= 0.6 is 0 Å². The molecule has 0 bridgehead atoms. The van der Waals surface area contributed by atoms with Crippen LogP contribution in [0.4, 0.5) is 0 Å². The molecule has 6 heteroatoms. The minimum absolute atomic E-state index is 0.00834. The molecule has 2 fully saturated rings. The van der Waals surface area contributed by atoms with Crippen LogP contribution in [0, 0.1) is 5.92 Å². The number of nitrogens with one attached hydrogen (secondary N) is 1. The molecular weight excluding hydrogens is 332 g/mol. The van der Waals surface area contributed by atoms with Gasteiger partial charge in [-0.25, -0.2) is 0 Å². The van der Waals surface area contributed by atoms with Crippen molar-refractivity contribution in [1.29, 1.82) is 0 Å². The average molecular weight is 360 g/mol. The van der Waals surface area contributed by atoms with Crippen molar-refractivity contribution in [1.82, 2.24) is 10.2 Å². The summed E-state index contributed by atoms with van der Waals surface area (Å²) >= 11 is 0. The lowest BCUT2D eigenvalue weighted by Gasteiger charge is -2.28. The molecule has 1 aromatic carbocycles. The number of benzene rings is 1. The monoisotopic (exact) mass is 360 g/mol. The molecule has 1 aliphatic heterocycles. The number of hydrogen-bond acceptors (Lipinski definition) is 4. The van der Waals surface area contributed by atoms with Gasteiger partial charge in [0.2, 0.25) is 11.8 Å². The van der Waals surface area contributed by atoms with E-state index in [2.05, 4.69) is 5.32 Å². The second kappa shape index (κ2) is 8.08. The Kier molecular flexibility index (Phi) is 5.81. The molecule has 142 valence electrons. The fraction of sp³-hybridized carbons (Fsp3) is 0.600. The van der Waals surface area contributed by atoms with E-state index in [1.54, 1.807) is 7.11 Å². The molecule has 2 amide bonds. The minimum Gasteiger partial charge on any atom is -0.497 e. The first-order valence-electron chi connectivity index (χ1n) is 9.36. The van der Waals surface area contributed by atoms with E-state index in [0.717, 1.165) is 24.2 Å². The van der Waals surface area contributed by atoms with E-state index in [0.29, 0.717) is 25.9 Å². The number of carbonyl (C=O) groups excluding carboxylic acids is 2. The van der Waals surface area contributed by atoms with E-state index in [1.165, 1.54) is 6.92 Å². The number of aliphatic hydroxyl groups is 1. The zero-order chi connectivity index (χ0) is 18.7. The van der Waals surface area contributed by atoms with Crippen LogP contribution in [-0.4, -0.2) is 54.2 Å². The second-order valence-electron chi connectivity index (χ2n) is 7.44. The standard InChI is InChI=1S/C20H28N2O4/c1-13(23)21-19-12-22(20(25)15-3-7-16(24)8-4-15)11-18(19)14-5-9-17(26-2)10-6-14/h5-6,9-10,15-16,18-19,24H,3-4,7-8,11-12H2,1-2H3,(H,21,23)/t15?,16?,18-,19+/m0/s1. The van der Waals surface area contributed by atoms with Crippen molar-refractivity contribution < 1.29 is 19.4 Å². The first-order chi connectivity index (χ1) is 12.5. The van der Waals surface area contributed by atoms with Gasteiger partial charge in [0, 0.05) is 31.8 Å². The molecule has 26 heavy (non-hydrogen) atoms. The molecule has 3 rings (SSSR count). The molecule has 1 aromatic rings. The number of nitrogens with zero attached hydrogens (tertiary/aromatic N) is 1. The number of rotatable bonds is 4. The highest BCUT2D eigenvalue weighted by Crippen LogP contribution is 2.32. The van der Waals surface area contributed by atoms with Gasteiger partial charge in [0.25, 0.3) is 0 Å². The summed E-state index contributed by atoms with van der Waals surface area (Å²) < 4.78 is 5.22. The van der Waals surface area contributed by atoms with Crippen LogP contribution in [0.15, 0.2) is 24.3 Å². The Bertz CT molecular complexity index is 638. The topological polar surface area (TPSA) is 78.9 Å². The minimum atomic E-state index is -0.267. The van der Waals surface area contributed by atoms with E-state index >= 15 is 0 Å². The molecule has 2 aliphatic rings. The first kappa shape index (κ1) is 18.7. The third kappa shape index (κ3) is 4.18. The molecule has 1 aliphatic carbocycles. The smallest absolute Gasteiger partial charge is 0.225 e. The molecule has 2 atom stereocenters. The molecule has 1 saturated heterocycles. The molecule has 0 spiro atoms. The van der Waals surface area contributed by atoms with Gasteiger partial charge in [-0.1, -0.05) is 12.1 Å². The summed E-state index contributed by atoms with van der Waals surface area (Å²) in [5.74, 6) is 0.928. The third-order valence-electron chi connectivity index (χ3n) is 5.61. The third-order valence-corrected chi connectivity index (χ3v) is 5.61. The summed E-state index contributed by atoms with van der Waals surface area (Å²) in [4.78, 5) is 26.4. The number of methoxy groups -OCH3 is 1. The predicted octanol–water partition coefficient (Wildman–Crippen LogP) is 1.68. The van der Waals surface area contributed by atoms with Gasteiger partial charge >= 0.3 is 0 Å². The zero-order valence-corrected chi connectivity index (χ0v) is 15.5. The number of hydrogen-bond donors (Lipinski definition) is 2. The molecule has 1 saturated carbocycles. The number of likely N-dealkylation sites (tertiary alicyclic amines) is 1. The molecule has 0 radical (unpaired) electrons. The summed E-state index contributed by atoms with van der Waals surface area (Å²) in [7, 11) is 1.63. The highest BCUT2D eigenvalue weighted by atomic mass is 16.5. The van der Waals surface area contributed by atoms with Crippen molar-refractivity contribution in [3.05, 3.63) is 29.8 Å². The van der Waals surface area contributed by atoms with E-state index < -0.39 is 0 Å². The van der Waals surface area contributed by atoms with E-state index in [1.807, 2.05) is 29.2 Å². The van der Waals surface area contributed by atoms with Gasteiger partial charge in [-0.2, -0.15) is 0 Å². The number of amides is 2. The van der Waals surface area contributed by atoms with E-state index in [9.17, 15) is 14.7 Å². The molecule has 6 nitrogen and oxygen atoms in total. The van der Waals surface area contributed by atoms with Gasteiger partial charge in [-0.3, -0.25) is 9.59 Å². The van der Waals surface area contributed by atoms with Crippen LogP contribution in [-0.2, 0) is 9.59 Å². The first-order valence-corrected chi connectivity index (χ1v) is 9.36. The van der Waals surface area contributed by atoms with Crippen LogP contribution in [0.1, 0.15) is 44.1 Å². The maximum atomic E-state index is 12.9. The van der Waals surface area contributed by atoms with E-state index in [-0.39, 0.29) is 35.8 Å². The van der Waals surface area contributed by atoms with Crippen LogP contribution in [0.2, 0.25) is 0 Å². The number of aliphatic hydroxyl groups excluding tert-OH is 1. The van der Waals surface area contributed by atoms with Crippen molar-refractivity contribution in [2.75, 3.05) is 20.2 Å². The number of carbonyl (C=O) groups is 2. The average Bonchev–Trinajstić information content (AvgIpc) is 3.05. The molecule has 0 aromatic heterocycles. The summed E-state index contributed by atoms with van der Waals surface area (Å²) in [5, 5.41) is 12.7. The Morgan fingerprint density at radius 1 is 1.12 bits per heavy atom. The summed E-state index contributed by atoms with van der Waals surface area (Å²) in [6.07, 6.45) is 2.61. The Morgan fingerprint density at radius 2 is 1.77 bits per heavy atom. The van der Waals surface area contributed by atoms with Gasteiger partial charge in [-0.05, 0) is 43.4 Å². The van der Waals surface area contributed by atoms with Crippen LogP contribution in [0.3, 0.4) is 0 Å². The number of ether oxygens (including phenoxy) is 1.